The summed E-state index contributed by atoms with van der Waals surface area (Å²) in [7, 11) is 0. The SMILES string of the molecule is CCCOC1(C(=O)Nc2ccc(OCCCN(CC)CC)cc2)CCC(C)CC1. The molecule has 0 unspecified atom stereocenters. The highest BCUT2D eigenvalue weighted by Gasteiger charge is 2.42. The lowest BCUT2D eigenvalue weighted by Crippen LogP contribution is -2.48. The molecule has 1 N–H and O–H groups in total. The van der Waals surface area contributed by atoms with Gasteiger partial charge in [0, 0.05) is 18.8 Å². The number of anilines is 1. The molecule has 1 aliphatic rings. The minimum absolute atomic E-state index is 0.00857. The second kappa shape index (κ2) is 12.2. The van der Waals surface area contributed by atoms with Crippen LogP contribution >= 0.6 is 0 Å². The van der Waals surface area contributed by atoms with Gasteiger partial charge in [-0.1, -0.05) is 27.7 Å². The van der Waals surface area contributed by atoms with Crippen LogP contribution in [0.15, 0.2) is 24.3 Å². The Kier molecular flexibility index (Phi) is 9.95. The number of rotatable bonds is 12. The zero-order valence-corrected chi connectivity index (χ0v) is 18.8. The maximum Gasteiger partial charge on any atom is 0.256 e. The molecular weight excluding hydrogens is 364 g/mol. The van der Waals surface area contributed by atoms with E-state index in [0.717, 1.165) is 69.6 Å². The lowest BCUT2D eigenvalue weighted by atomic mass is 9.78. The molecule has 0 aliphatic heterocycles. The standard InChI is InChI=1S/C24H40N2O3/c1-5-18-29-24(15-13-20(4)14-16-24)23(27)25-21-9-11-22(12-10-21)28-19-8-17-26(6-2)7-3/h9-12,20H,5-8,13-19H2,1-4H3,(H,25,27). The molecule has 0 aromatic heterocycles. The molecule has 164 valence electrons. The molecule has 2 rings (SSSR count). The monoisotopic (exact) mass is 404 g/mol. The smallest absolute Gasteiger partial charge is 0.256 e. The molecular formula is C24H40N2O3. The fraction of sp³-hybridized carbons (Fsp3) is 0.708. The summed E-state index contributed by atoms with van der Waals surface area (Å²) >= 11 is 0. The number of hydrogen-bond acceptors (Lipinski definition) is 4. The van der Waals surface area contributed by atoms with Crippen LogP contribution in [0.25, 0.3) is 0 Å². The minimum Gasteiger partial charge on any atom is -0.494 e. The molecule has 0 saturated heterocycles. The van der Waals surface area contributed by atoms with Crippen LogP contribution < -0.4 is 10.1 Å². The van der Waals surface area contributed by atoms with Crippen molar-refractivity contribution in [1.82, 2.24) is 4.90 Å². The molecule has 0 spiro atoms. The van der Waals surface area contributed by atoms with Gasteiger partial charge in [0.05, 0.1) is 6.61 Å². The van der Waals surface area contributed by atoms with Gasteiger partial charge in [-0.25, -0.2) is 0 Å². The largest absolute Gasteiger partial charge is 0.494 e. The van der Waals surface area contributed by atoms with Crippen LogP contribution in [0.5, 0.6) is 5.75 Å². The first kappa shape index (κ1) is 23.7. The Balaban J connectivity index is 1.86. The Morgan fingerprint density at radius 3 is 2.34 bits per heavy atom. The Bertz CT molecular complexity index is 585. The molecule has 29 heavy (non-hydrogen) atoms. The van der Waals surface area contributed by atoms with Gasteiger partial charge < -0.3 is 19.7 Å². The predicted octanol–water partition coefficient (Wildman–Crippen LogP) is 5.11. The first-order valence-corrected chi connectivity index (χ1v) is 11.4. The van der Waals surface area contributed by atoms with Crippen molar-refractivity contribution < 1.29 is 14.3 Å². The summed E-state index contributed by atoms with van der Waals surface area (Å²) in [5.74, 6) is 1.50. The number of amides is 1. The van der Waals surface area contributed by atoms with E-state index in [2.05, 4.69) is 37.9 Å². The van der Waals surface area contributed by atoms with E-state index in [0.29, 0.717) is 19.1 Å². The van der Waals surface area contributed by atoms with E-state index in [1.54, 1.807) is 0 Å². The van der Waals surface area contributed by atoms with Crippen LogP contribution in [0.1, 0.15) is 66.2 Å². The first-order valence-electron chi connectivity index (χ1n) is 11.4. The molecule has 1 aromatic rings. The molecule has 0 atom stereocenters. The van der Waals surface area contributed by atoms with E-state index in [-0.39, 0.29) is 5.91 Å². The van der Waals surface area contributed by atoms with Gasteiger partial charge in [-0.15, -0.1) is 0 Å². The third-order valence-electron chi connectivity index (χ3n) is 5.97. The number of nitrogens with zero attached hydrogens (tertiary/aromatic N) is 1. The summed E-state index contributed by atoms with van der Waals surface area (Å²) in [4.78, 5) is 15.4. The summed E-state index contributed by atoms with van der Waals surface area (Å²) in [6.45, 7) is 13.2. The molecule has 1 saturated carbocycles. The summed E-state index contributed by atoms with van der Waals surface area (Å²) < 4.78 is 11.9. The van der Waals surface area contributed by atoms with Gasteiger partial charge in [-0.3, -0.25) is 4.79 Å². The quantitative estimate of drug-likeness (QED) is 0.492. The van der Waals surface area contributed by atoms with E-state index in [4.69, 9.17) is 9.47 Å². The topological polar surface area (TPSA) is 50.8 Å². The summed E-state index contributed by atoms with van der Waals surface area (Å²) in [6.07, 6.45) is 5.61. The van der Waals surface area contributed by atoms with Crippen LogP contribution in [0.4, 0.5) is 5.69 Å². The van der Waals surface area contributed by atoms with E-state index < -0.39 is 5.60 Å². The Morgan fingerprint density at radius 1 is 1.10 bits per heavy atom. The lowest BCUT2D eigenvalue weighted by molar-refractivity contribution is -0.147. The average molecular weight is 405 g/mol. The maximum atomic E-state index is 13.0. The minimum atomic E-state index is -0.678. The van der Waals surface area contributed by atoms with Gasteiger partial charge in [0.25, 0.3) is 5.91 Å². The molecule has 5 nitrogen and oxygen atoms in total. The zero-order chi connectivity index (χ0) is 21.1. The second-order valence-electron chi connectivity index (χ2n) is 8.23. The third kappa shape index (κ3) is 7.31. The van der Waals surface area contributed by atoms with Gasteiger partial charge in [-0.05, 0) is 81.8 Å². The zero-order valence-electron chi connectivity index (χ0n) is 18.8. The highest BCUT2D eigenvalue weighted by Crippen LogP contribution is 2.36. The third-order valence-corrected chi connectivity index (χ3v) is 5.97. The van der Waals surface area contributed by atoms with Crippen molar-refractivity contribution in [1.29, 1.82) is 0 Å². The molecule has 0 radical (unpaired) electrons. The molecule has 1 aromatic carbocycles. The lowest BCUT2D eigenvalue weighted by Gasteiger charge is -2.38. The van der Waals surface area contributed by atoms with Gasteiger partial charge in [0.1, 0.15) is 11.4 Å². The van der Waals surface area contributed by atoms with Gasteiger partial charge in [0.15, 0.2) is 0 Å². The highest BCUT2D eigenvalue weighted by atomic mass is 16.5. The normalized spacial score (nSPS) is 21.9. The number of carbonyl (C=O) groups excluding carboxylic acids is 1. The summed E-state index contributed by atoms with van der Waals surface area (Å²) in [5, 5.41) is 3.07. The molecule has 0 bridgehead atoms. The van der Waals surface area contributed by atoms with Crippen LogP contribution in [0.2, 0.25) is 0 Å². The van der Waals surface area contributed by atoms with Crippen molar-refractivity contribution in [3.05, 3.63) is 24.3 Å². The van der Waals surface area contributed by atoms with Gasteiger partial charge in [-0.2, -0.15) is 0 Å². The fourth-order valence-corrected chi connectivity index (χ4v) is 3.86. The van der Waals surface area contributed by atoms with E-state index in [1.807, 2.05) is 24.3 Å². The molecule has 1 aliphatic carbocycles. The summed E-state index contributed by atoms with van der Waals surface area (Å²) in [5.41, 5.74) is 0.117. The molecule has 1 fully saturated rings. The number of carbonyl (C=O) groups is 1. The number of ether oxygens (including phenoxy) is 2. The van der Waals surface area contributed by atoms with E-state index in [1.165, 1.54) is 0 Å². The highest BCUT2D eigenvalue weighted by molar-refractivity contribution is 5.97. The van der Waals surface area contributed by atoms with Crippen molar-refractivity contribution in [3.63, 3.8) is 0 Å². The molecule has 0 heterocycles. The fourth-order valence-electron chi connectivity index (χ4n) is 3.86. The van der Waals surface area contributed by atoms with Crippen molar-refractivity contribution in [2.45, 2.75) is 71.8 Å². The average Bonchev–Trinajstić information content (AvgIpc) is 2.75. The Hall–Kier alpha value is -1.59. The van der Waals surface area contributed by atoms with Crippen LogP contribution in [0, 0.1) is 5.92 Å². The van der Waals surface area contributed by atoms with E-state index >= 15 is 0 Å². The van der Waals surface area contributed by atoms with Crippen molar-refractivity contribution >= 4 is 11.6 Å². The van der Waals surface area contributed by atoms with E-state index in [9.17, 15) is 4.79 Å². The van der Waals surface area contributed by atoms with Gasteiger partial charge in [0.2, 0.25) is 0 Å². The van der Waals surface area contributed by atoms with Crippen LogP contribution in [-0.2, 0) is 9.53 Å². The number of hydrogen-bond donors (Lipinski definition) is 1. The Morgan fingerprint density at radius 2 is 1.76 bits per heavy atom. The predicted molar refractivity (Wildman–Crippen MR) is 120 cm³/mol. The van der Waals surface area contributed by atoms with Crippen molar-refractivity contribution in [2.24, 2.45) is 5.92 Å². The van der Waals surface area contributed by atoms with Crippen LogP contribution in [-0.4, -0.2) is 49.3 Å². The van der Waals surface area contributed by atoms with Crippen LogP contribution in [0.3, 0.4) is 0 Å². The summed E-state index contributed by atoms with van der Waals surface area (Å²) in [6, 6.07) is 7.68. The van der Waals surface area contributed by atoms with Gasteiger partial charge >= 0.3 is 0 Å². The van der Waals surface area contributed by atoms with Crippen molar-refractivity contribution in [2.75, 3.05) is 38.2 Å². The first-order chi connectivity index (χ1) is 14.0. The number of benzene rings is 1. The molecule has 1 amide bonds. The van der Waals surface area contributed by atoms with Crippen molar-refractivity contribution in [3.8, 4) is 5.75 Å². The maximum absolute atomic E-state index is 13.0. The second-order valence-corrected chi connectivity index (χ2v) is 8.23. The molecule has 5 heteroatoms. The Labute approximate surface area is 177 Å². The number of nitrogens with one attached hydrogen (secondary N) is 1.